The molecular weight excluding hydrogens is 376 g/mol. The Morgan fingerprint density at radius 2 is 1.07 bits per heavy atom. The number of imidazole rings is 1. The van der Waals surface area contributed by atoms with E-state index in [2.05, 4.69) is 45.5 Å². The lowest BCUT2D eigenvalue weighted by Gasteiger charge is -2.10. The summed E-state index contributed by atoms with van der Waals surface area (Å²) in [5, 5.41) is 0. The number of hydrogen-bond acceptors (Lipinski definition) is 2. The van der Waals surface area contributed by atoms with Crippen molar-refractivity contribution < 1.29 is 4.42 Å². The normalized spacial score (nSPS) is 10.9. The van der Waals surface area contributed by atoms with Gasteiger partial charge in [0.05, 0.1) is 12.0 Å². The third kappa shape index (κ3) is 3.04. The summed E-state index contributed by atoms with van der Waals surface area (Å²) in [5.41, 5.74) is 5.01. The van der Waals surface area contributed by atoms with Crippen molar-refractivity contribution >= 4 is 12.2 Å². The van der Waals surface area contributed by atoms with Crippen molar-refractivity contribution in [1.29, 1.82) is 0 Å². The van der Waals surface area contributed by atoms with Crippen LogP contribution in [0.5, 0.6) is 0 Å². The van der Waals surface area contributed by atoms with E-state index >= 15 is 0 Å². The summed E-state index contributed by atoms with van der Waals surface area (Å²) < 4.78 is 10.8. The van der Waals surface area contributed by atoms with E-state index in [4.69, 9.17) is 16.6 Å². The summed E-state index contributed by atoms with van der Waals surface area (Å²) in [5.74, 6) is 0.772. The Labute approximate surface area is 174 Å². The lowest BCUT2D eigenvalue weighted by atomic mass is 10.1. The molecule has 4 heteroatoms. The molecule has 0 amide bonds. The molecule has 0 bridgehead atoms. The van der Waals surface area contributed by atoms with Crippen LogP contribution in [0.15, 0.2) is 114 Å². The van der Waals surface area contributed by atoms with Crippen LogP contribution in [0.2, 0.25) is 0 Å². The van der Waals surface area contributed by atoms with Crippen molar-refractivity contribution in [2.45, 2.75) is 0 Å². The molecule has 2 heterocycles. The zero-order valence-corrected chi connectivity index (χ0v) is 16.4. The van der Waals surface area contributed by atoms with Gasteiger partial charge in [-0.1, -0.05) is 66.7 Å². The van der Waals surface area contributed by atoms with E-state index in [9.17, 15) is 0 Å². The monoisotopic (exact) mass is 394 g/mol. The molecule has 2 aromatic heterocycles. The highest BCUT2D eigenvalue weighted by molar-refractivity contribution is 7.71. The largest absolute Gasteiger partial charge is 0.463 e. The molecule has 0 unspecified atom stereocenters. The van der Waals surface area contributed by atoms with Crippen molar-refractivity contribution in [3.63, 3.8) is 0 Å². The predicted molar refractivity (Wildman–Crippen MR) is 119 cm³/mol. The van der Waals surface area contributed by atoms with Gasteiger partial charge in [-0.05, 0) is 48.6 Å². The van der Waals surface area contributed by atoms with E-state index in [-0.39, 0.29) is 0 Å². The minimum atomic E-state index is 0.688. The van der Waals surface area contributed by atoms with E-state index < -0.39 is 0 Å². The smallest absolute Gasteiger partial charge is 0.190 e. The molecule has 0 aliphatic heterocycles. The first kappa shape index (κ1) is 17.5. The molecule has 140 valence electrons. The fraction of sp³-hybridized carbons (Fsp3) is 0. The quantitative estimate of drug-likeness (QED) is 0.309. The van der Waals surface area contributed by atoms with Gasteiger partial charge in [0.1, 0.15) is 5.69 Å². The third-order valence-electron chi connectivity index (χ3n) is 4.88. The third-order valence-corrected chi connectivity index (χ3v) is 5.25. The van der Waals surface area contributed by atoms with Crippen molar-refractivity contribution in [2.24, 2.45) is 0 Å². The van der Waals surface area contributed by atoms with Gasteiger partial charge >= 0.3 is 0 Å². The van der Waals surface area contributed by atoms with E-state index in [0.717, 1.165) is 34.1 Å². The number of furan rings is 1. The molecule has 0 aliphatic rings. The summed E-state index contributed by atoms with van der Waals surface area (Å²) >= 11 is 6.02. The van der Waals surface area contributed by atoms with E-state index in [1.807, 2.05) is 66.7 Å². The van der Waals surface area contributed by atoms with Gasteiger partial charge in [-0.3, -0.25) is 9.13 Å². The second-order valence-electron chi connectivity index (χ2n) is 6.67. The highest BCUT2D eigenvalue weighted by Crippen LogP contribution is 2.38. The van der Waals surface area contributed by atoms with Crippen LogP contribution < -0.4 is 0 Å². The molecule has 0 saturated heterocycles. The van der Waals surface area contributed by atoms with Gasteiger partial charge in [-0.15, -0.1) is 0 Å². The summed E-state index contributed by atoms with van der Waals surface area (Å²) in [6, 6.07) is 34.6. The minimum Gasteiger partial charge on any atom is -0.463 e. The van der Waals surface area contributed by atoms with Gasteiger partial charge in [0.15, 0.2) is 10.5 Å². The molecule has 0 spiro atoms. The molecule has 0 atom stereocenters. The highest BCUT2D eigenvalue weighted by Gasteiger charge is 2.24. The van der Waals surface area contributed by atoms with Gasteiger partial charge in [0, 0.05) is 16.9 Å². The number of rotatable bonds is 4. The van der Waals surface area contributed by atoms with Gasteiger partial charge in [-0.25, -0.2) is 0 Å². The Morgan fingerprint density at radius 3 is 1.59 bits per heavy atom. The minimum absolute atomic E-state index is 0.688. The molecule has 0 aliphatic carbocycles. The van der Waals surface area contributed by atoms with Gasteiger partial charge < -0.3 is 4.42 Å². The number of hydrogen-bond donors (Lipinski definition) is 0. The summed E-state index contributed by atoms with van der Waals surface area (Å²) in [6.07, 6.45) is 1.70. The Morgan fingerprint density at radius 1 is 0.552 bits per heavy atom. The van der Waals surface area contributed by atoms with Crippen molar-refractivity contribution in [1.82, 2.24) is 9.13 Å². The van der Waals surface area contributed by atoms with Crippen LogP contribution in [0.25, 0.3) is 34.1 Å². The second kappa shape index (κ2) is 7.41. The highest BCUT2D eigenvalue weighted by atomic mass is 32.1. The zero-order valence-electron chi connectivity index (χ0n) is 15.6. The maximum Gasteiger partial charge on any atom is 0.190 e. The average molecular weight is 394 g/mol. The first-order valence-corrected chi connectivity index (χ1v) is 9.83. The molecule has 3 nitrogen and oxygen atoms in total. The van der Waals surface area contributed by atoms with Crippen LogP contribution in [0.1, 0.15) is 0 Å². The maximum atomic E-state index is 6.02. The first-order valence-electron chi connectivity index (χ1n) is 9.42. The topological polar surface area (TPSA) is 23.0 Å². The van der Waals surface area contributed by atoms with Crippen molar-refractivity contribution in [3.05, 3.63) is 114 Å². The molecule has 0 saturated carbocycles. The SMILES string of the molecule is S=c1n(-c2ccccc2)c(-c2ccccc2)c(-c2ccco2)n1-c1ccccc1. The number of aromatic nitrogens is 2. The van der Waals surface area contributed by atoms with Gasteiger partial charge in [-0.2, -0.15) is 0 Å². The Bertz CT molecular complexity index is 1290. The van der Waals surface area contributed by atoms with Crippen LogP contribution in [0, 0.1) is 4.77 Å². The molecule has 3 aromatic carbocycles. The van der Waals surface area contributed by atoms with Crippen LogP contribution in [0.4, 0.5) is 0 Å². The summed E-state index contributed by atoms with van der Waals surface area (Å²) in [6.45, 7) is 0. The summed E-state index contributed by atoms with van der Waals surface area (Å²) in [7, 11) is 0. The Kier molecular flexibility index (Phi) is 4.47. The average Bonchev–Trinajstić information content (AvgIpc) is 3.41. The Balaban J connectivity index is 1.96. The fourth-order valence-corrected chi connectivity index (χ4v) is 4.03. The maximum absolute atomic E-state index is 6.02. The van der Waals surface area contributed by atoms with Crippen molar-refractivity contribution in [2.75, 3.05) is 0 Å². The molecule has 0 fully saturated rings. The van der Waals surface area contributed by atoms with Crippen LogP contribution in [0.3, 0.4) is 0 Å². The molecule has 0 radical (unpaired) electrons. The predicted octanol–water partition coefficient (Wildman–Crippen LogP) is 6.92. The lowest BCUT2D eigenvalue weighted by molar-refractivity contribution is 0.578. The van der Waals surface area contributed by atoms with Crippen molar-refractivity contribution in [3.8, 4) is 34.1 Å². The van der Waals surface area contributed by atoms with Crippen LogP contribution in [-0.4, -0.2) is 9.13 Å². The van der Waals surface area contributed by atoms with E-state index in [1.165, 1.54) is 0 Å². The van der Waals surface area contributed by atoms with Crippen LogP contribution >= 0.6 is 12.2 Å². The van der Waals surface area contributed by atoms with E-state index in [0.29, 0.717) is 4.77 Å². The number of nitrogens with zero attached hydrogens (tertiary/aromatic N) is 2. The van der Waals surface area contributed by atoms with Gasteiger partial charge in [0.25, 0.3) is 0 Å². The molecule has 29 heavy (non-hydrogen) atoms. The van der Waals surface area contributed by atoms with Gasteiger partial charge in [0.2, 0.25) is 0 Å². The van der Waals surface area contributed by atoms with Crippen LogP contribution in [-0.2, 0) is 0 Å². The molecule has 5 aromatic rings. The first-order chi connectivity index (χ1) is 14.3. The lowest BCUT2D eigenvalue weighted by Crippen LogP contribution is -1.99. The standard InChI is InChI=1S/C25H18N2OS/c29-25-26(20-13-6-2-7-14-20)23(19-11-4-1-5-12-19)24(22-17-10-18-28-22)27(25)21-15-8-3-9-16-21/h1-18H. The van der Waals surface area contributed by atoms with E-state index in [1.54, 1.807) is 6.26 Å². The molecular formula is C25H18N2OS. The summed E-state index contributed by atoms with van der Waals surface area (Å²) in [4.78, 5) is 0. The zero-order chi connectivity index (χ0) is 19.6. The Hall–Kier alpha value is -3.63. The fourth-order valence-electron chi connectivity index (χ4n) is 3.64. The molecule has 5 rings (SSSR count). The number of benzene rings is 3. The second-order valence-corrected chi connectivity index (χ2v) is 7.03. The molecule has 0 N–H and O–H groups in total. The number of para-hydroxylation sites is 2.